The van der Waals surface area contributed by atoms with Crippen molar-refractivity contribution in [2.75, 3.05) is 26.0 Å². The summed E-state index contributed by atoms with van der Waals surface area (Å²) in [6.45, 7) is 5.15. The van der Waals surface area contributed by atoms with Crippen LogP contribution < -0.4 is 10.1 Å². The van der Waals surface area contributed by atoms with Crippen LogP contribution in [0.4, 0.5) is 5.69 Å². The van der Waals surface area contributed by atoms with Crippen LogP contribution in [0.25, 0.3) is 0 Å². The van der Waals surface area contributed by atoms with Gasteiger partial charge in [-0.3, -0.25) is 9.69 Å². The Kier molecular flexibility index (Phi) is 6.23. The molecule has 0 fully saturated rings. The van der Waals surface area contributed by atoms with Gasteiger partial charge in [0.2, 0.25) is 5.91 Å². The van der Waals surface area contributed by atoms with E-state index in [1.165, 1.54) is 16.7 Å². The van der Waals surface area contributed by atoms with Crippen LogP contribution >= 0.6 is 11.6 Å². The predicted octanol–water partition coefficient (Wildman–Crippen LogP) is 4.04. The van der Waals surface area contributed by atoms with Crippen molar-refractivity contribution < 1.29 is 9.53 Å². The number of rotatable bonds is 6. The number of halogens is 1. The smallest absolute Gasteiger partial charge is 0.238 e. The Morgan fingerprint density at radius 2 is 1.96 bits per heavy atom. The fraction of sp³-hybridized carbons (Fsp3) is 0.316. The number of hydrogen-bond donors (Lipinski definition) is 1. The highest BCUT2D eigenvalue weighted by Crippen LogP contribution is 2.27. The zero-order chi connectivity index (χ0) is 17.7. The van der Waals surface area contributed by atoms with Gasteiger partial charge >= 0.3 is 0 Å². The summed E-state index contributed by atoms with van der Waals surface area (Å²) in [4.78, 5) is 14.3. The van der Waals surface area contributed by atoms with E-state index in [4.69, 9.17) is 16.3 Å². The van der Waals surface area contributed by atoms with Gasteiger partial charge in [-0.25, -0.2) is 0 Å². The highest BCUT2D eigenvalue weighted by molar-refractivity contribution is 6.31. The first-order valence-electron chi connectivity index (χ1n) is 7.77. The molecule has 2 rings (SSSR count). The van der Waals surface area contributed by atoms with Crippen LogP contribution in [-0.2, 0) is 11.3 Å². The van der Waals surface area contributed by atoms with E-state index in [0.717, 1.165) is 0 Å². The van der Waals surface area contributed by atoms with Gasteiger partial charge in [-0.05, 0) is 50.2 Å². The first-order chi connectivity index (χ1) is 11.4. The minimum absolute atomic E-state index is 0.108. The normalized spacial score (nSPS) is 10.8. The standard InChI is InChI=1S/C19H23ClN2O2/c1-13-5-6-14(2)15(9-13)11-22(3)12-19(23)21-17-10-16(20)7-8-18(17)24-4/h5-10H,11-12H2,1-4H3,(H,21,23). The molecular weight excluding hydrogens is 324 g/mol. The number of methoxy groups -OCH3 is 1. The molecule has 0 aliphatic heterocycles. The summed E-state index contributed by atoms with van der Waals surface area (Å²) >= 11 is 5.99. The summed E-state index contributed by atoms with van der Waals surface area (Å²) in [6.07, 6.45) is 0. The molecule has 0 unspecified atom stereocenters. The van der Waals surface area contributed by atoms with Crippen molar-refractivity contribution in [3.63, 3.8) is 0 Å². The molecule has 128 valence electrons. The van der Waals surface area contributed by atoms with Crippen molar-refractivity contribution in [2.24, 2.45) is 0 Å². The maximum Gasteiger partial charge on any atom is 0.238 e. The lowest BCUT2D eigenvalue weighted by Crippen LogP contribution is -2.30. The lowest BCUT2D eigenvalue weighted by molar-refractivity contribution is -0.117. The number of anilines is 1. The van der Waals surface area contributed by atoms with Crippen molar-refractivity contribution in [1.82, 2.24) is 4.90 Å². The first-order valence-corrected chi connectivity index (χ1v) is 8.15. The number of hydrogen-bond acceptors (Lipinski definition) is 3. The summed E-state index contributed by atoms with van der Waals surface area (Å²) in [5, 5.41) is 3.41. The van der Waals surface area contributed by atoms with Crippen LogP contribution in [-0.4, -0.2) is 31.5 Å². The highest BCUT2D eigenvalue weighted by atomic mass is 35.5. The highest BCUT2D eigenvalue weighted by Gasteiger charge is 2.12. The van der Waals surface area contributed by atoms with Gasteiger partial charge in [0.15, 0.2) is 0 Å². The third kappa shape index (κ3) is 4.98. The molecule has 0 aromatic heterocycles. The van der Waals surface area contributed by atoms with Gasteiger partial charge in [0.05, 0.1) is 19.3 Å². The Bertz CT molecular complexity index is 731. The molecule has 0 atom stereocenters. The van der Waals surface area contributed by atoms with Crippen LogP contribution in [0.2, 0.25) is 5.02 Å². The molecule has 0 radical (unpaired) electrons. The van der Waals surface area contributed by atoms with Crippen molar-refractivity contribution in [3.8, 4) is 5.75 Å². The first kappa shape index (κ1) is 18.3. The summed E-state index contributed by atoms with van der Waals surface area (Å²) in [5.41, 5.74) is 4.25. The Morgan fingerprint density at radius 1 is 1.21 bits per heavy atom. The maximum atomic E-state index is 12.3. The second kappa shape index (κ2) is 8.18. The fourth-order valence-corrected chi connectivity index (χ4v) is 2.70. The monoisotopic (exact) mass is 346 g/mol. The quantitative estimate of drug-likeness (QED) is 0.858. The number of nitrogens with zero attached hydrogens (tertiary/aromatic N) is 1. The van der Waals surface area contributed by atoms with E-state index in [9.17, 15) is 4.79 Å². The summed E-state index contributed by atoms with van der Waals surface area (Å²) in [7, 11) is 3.49. The molecule has 4 nitrogen and oxygen atoms in total. The molecule has 24 heavy (non-hydrogen) atoms. The second-order valence-electron chi connectivity index (χ2n) is 6.00. The second-order valence-corrected chi connectivity index (χ2v) is 6.43. The van der Waals surface area contributed by atoms with Gasteiger partial charge in [0.25, 0.3) is 0 Å². The molecule has 0 spiro atoms. The summed E-state index contributed by atoms with van der Waals surface area (Å²) < 4.78 is 5.24. The van der Waals surface area contributed by atoms with E-state index >= 15 is 0 Å². The van der Waals surface area contributed by atoms with Crippen molar-refractivity contribution >= 4 is 23.2 Å². The Morgan fingerprint density at radius 3 is 2.67 bits per heavy atom. The van der Waals surface area contributed by atoms with Gasteiger partial charge in [-0.1, -0.05) is 35.4 Å². The fourth-order valence-electron chi connectivity index (χ4n) is 2.53. The van der Waals surface area contributed by atoms with Gasteiger partial charge in [-0.15, -0.1) is 0 Å². The number of carbonyl (C=O) groups is 1. The summed E-state index contributed by atoms with van der Waals surface area (Å²) in [6, 6.07) is 11.5. The van der Waals surface area contributed by atoms with E-state index in [1.54, 1.807) is 25.3 Å². The lowest BCUT2D eigenvalue weighted by Gasteiger charge is -2.18. The van der Waals surface area contributed by atoms with Gasteiger partial charge in [0, 0.05) is 11.6 Å². The molecular formula is C19H23ClN2O2. The largest absolute Gasteiger partial charge is 0.495 e. The van der Waals surface area contributed by atoms with Crippen LogP contribution in [0.15, 0.2) is 36.4 Å². The minimum atomic E-state index is -0.108. The van der Waals surface area contributed by atoms with Crippen molar-refractivity contribution in [1.29, 1.82) is 0 Å². The maximum absolute atomic E-state index is 12.3. The number of nitrogens with one attached hydrogen (secondary N) is 1. The van der Waals surface area contributed by atoms with Gasteiger partial charge in [-0.2, -0.15) is 0 Å². The molecule has 2 aromatic carbocycles. The van der Waals surface area contributed by atoms with Crippen molar-refractivity contribution in [2.45, 2.75) is 20.4 Å². The lowest BCUT2D eigenvalue weighted by atomic mass is 10.1. The molecule has 1 N–H and O–H groups in total. The average molecular weight is 347 g/mol. The molecule has 0 heterocycles. The van der Waals surface area contributed by atoms with Gasteiger partial charge < -0.3 is 10.1 Å². The molecule has 0 bridgehead atoms. The predicted molar refractivity (Wildman–Crippen MR) is 98.9 cm³/mol. The topological polar surface area (TPSA) is 41.6 Å². The molecule has 5 heteroatoms. The molecule has 1 amide bonds. The minimum Gasteiger partial charge on any atom is -0.495 e. The molecule has 0 saturated carbocycles. The van der Waals surface area contributed by atoms with Gasteiger partial charge in [0.1, 0.15) is 5.75 Å². The Balaban J connectivity index is 1.99. The zero-order valence-corrected chi connectivity index (χ0v) is 15.3. The van der Waals surface area contributed by atoms with E-state index < -0.39 is 0 Å². The zero-order valence-electron chi connectivity index (χ0n) is 14.5. The van der Waals surface area contributed by atoms with Crippen molar-refractivity contribution in [3.05, 3.63) is 58.1 Å². The third-order valence-electron chi connectivity index (χ3n) is 3.79. The Labute approximate surface area is 148 Å². The number of ether oxygens (including phenoxy) is 1. The molecule has 0 aliphatic carbocycles. The average Bonchev–Trinajstić information content (AvgIpc) is 2.51. The number of benzene rings is 2. The number of amides is 1. The van der Waals surface area contributed by atoms with E-state index in [0.29, 0.717) is 23.0 Å². The van der Waals surface area contributed by atoms with Crippen LogP contribution in [0, 0.1) is 13.8 Å². The van der Waals surface area contributed by atoms with Crippen LogP contribution in [0.5, 0.6) is 5.75 Å². The SMILES string of the molecule is COc1ccc(Cl)cc1NC(=O)CN(C)Cc1cc(C)ccc1C. The van der Waals surface area contributed by atoms with E-state index in [2.05, 4.69) is 37.4 Å². The Hall–Kier alpha value is -2.04. The summed E-state index contributed by atoms with van der Waals surface area (Å²) in [5.74, 6) is 0.480. The molecule has 0 aliphatic rings. The van der Waals surface area contributed by atoms with E-state index in [1.807, 2.05) is 11.9 Å². The number of carbonyl (C=O) groups excluding carboxylic acids is 1. The van der Waals surface area contributed by atoms with E-state index in [-0.39, 0.29) is 12.5 Å². The third-order valence-corrected chi connectivity index (χ3v) is 4.03. The molecule has 0 saturated heterocycles. The molecule has 2 aromatic rings. The van der Waals surface area contributed by atoms with Crippen LogP contribution in [0.1, 0.15) is 16.7 Å². The van der Waals surface area contributed by atoms with Crippen LogP contribution in [0.3, 0.4) is 0 Å². The number of likely N-dealkylation sites (N-methyl/N-ethyl adjacent to an activating group) is 1. The number of aryl methyl sites for hydroxylation is 2.